The van der Waals surface area contributed by atoms with Crippen LogP contribution in [0.4, 0.5) is 0 Å². The van der Waals surface area contributed by atoms with Crippen molar-refractivity contribution in [2.45, 2.75) is 18.9 Å². The fraction of sp³-hybridized carbons (Fsp3) is 0.600. The Morgan fingerprint density at radius 1 is 1.43 bits per heavy atom. The topological polar surface area (TPSA) is 61.0 Å². The highest BCUT2D eigenvalue weighted by Gasteiger charge is 2.23. The molecule has 0 radical (unpaired) electrons. The maximum absolute atomic E-state index is 6.06. The van der Waals surface area contributed by atoms with E-state index >= 15 is 0 Å². The van der Waals surface area contributed by atoms with Crippen LogP contribution in [0.5, 0.6) is 0 Å². The Balaban J connectivity index is 2.03. The minimum atomic E-state index is -0.0866. The van der Waals surface area contributed by atoms with Crippen molar-refractivity contribution >= 4 is 0 Å². The first-order chi connectivity index (χ1) is 6.88. The molecule has 0 saturated carbocycles. The van der Waals surface area contributed by atoms with Crippen LogP contribution in [0.15, 0.2) is 18.5 Å². The van der Waals surface area contributed by atoms with E-state index in [1.165, 1.54) is 0 Å². The summed E-state index contributed by atoms with van der Waals surface area (Å²) in [4.78, 5) is 8.32. The molecule has 0 amide bonds. The van der Waals surface area contributed by atoms with Gasteiger partial charge in [-0.25, -0.2) is 9.97 Å². The lowest BCUT2D eigenvalue weighted by Crippen LogP contribution is -2.30. The molecule has 1 aromatic heterocycles. The Bertz CT molecular complexity index is 272. The van der Waals surface area contributed by atoms with Gasteiger partial charge in [-0.15, -0.1) is 0 Å². The molecule has 2 atom stereocenters. The Hall–Kier alpha value is -1.00. The van der Waals surface area contributed by atoms with Crippen molar-refractivity contribution in [2.75, 3.05) is 13.2 Å². The van der Waals surface area contributed by atoms with Gasteiger partial charge in [0.15, 0.2) is 0 Å². The molecule has 2 N–H and O–H groups in total. The summed E-state index contributed by atoms with van der Waals surface area (Å²) in [6.07, 6.45) is 5.66. The van der Waals surface area contributed by atoms with Gasteiger partial charge in [-0.05, 0) is 18.9 Å². The minimum absolute atomic E-state index is 0.0866. The van der Waals surface area contributed by atoms with Gasteiger partial charge in [-0.2, -0.15) is 0 Å². The van der Waals surface area contributed by atoms with E-state index in [0.29, 0.717) is 5.92 Å². The van der Waals surface area contributed by atoms with Gasteiger partial charge in [0, 0.05) is 24.9 Å². The zero-order chi connectivity index (χ0) is 9.80. The predicted molar refractivity (Wildman–Crippen MR) is 52.5 cm³/mol. The van der Waals surface area contributed by atoms with Crippen LogP contribution in [0, 0.1) is 5.92 Å². The number of nitrogens with two attached hydrogens (primary N) is 1. The highest BCUT2D eigenvalue weighted by atomic mass is 16.5. The monoisotopic (exact) mass is 193 g/mol. The van der Waals surface area contributed by atoms with Crippen molar-refractivity contribution in [3.8, 4) is 0 Å². The van der Waals surface area contributed by atoms with Crippen LogP contribution in [-0.4, -0.2) is 23.2 Å². The molecule has 1 saturated heterocycles. The molecule has 2 rings (SSSR count). The highest BCUT2D eigenvalue weighted by Crippen LogP contribution is 2.24. The maximum Gasteiger partial charge on any atom is 0.145 e. The Kier molecular flexibility index (Phi) is 3.06. The van der Waals surface area contributed by atoms with Gasteiger partial charge >= 0.3 is 0 Å². The number of hydrogen-bond donors (Lipinski definition) is 1. The third-order valence-electron chi connectivity index (χ3n) is 2.59. The zero-order valence-electron chi connectivity index (χ0n) is 8.10. The molecule has 4 nitrogen and oxygen atoms in total. The van der Waals surface area contributed by atoms with Crippen LogP contribution < -0.4 is 5.73 Å². The van der Waals surface area contributed by atoms with E-state index < -0.39 is 0 Å². The quantitative estimate of drug-likeness (QED) is 0.758. The van der Waals surface area contributed by atoms with E-state index in [0.717, 1.165) is 31.9 Å². The van der Waals surface area contributed by atoms with E-state index in [1.54, 1.807) is 18.5 Å². The standard InChI is InChI=1S/C10H15N3O/c11-9(8-3-1-6-14-7-8)10-12-4-2-5-13-10/h2,4-5,8-9H,1,3,6-7,11H2. The largest absolute Gasteiger partial charge is 0.381 e. The maximum atomic E-state index is 6.06. The van der Waals surface area contributed by atoms with Crippen molar-refractivity contribution in [1.82, 2.24) is 9.97 Å². The van der Waals surface area contributed by atoms with Gasteiger partial charge in [0.1, 0.15) is 5.82 Å². The molecule has 2 unspecified atom stereocenters. The van der Waals surface area contributed by atoms with Crippen molar-refractivity contribution in [2.24, 2.45) is 11.7 Å². The molecular weight excluding hydrogens is 178 g/mol. The van der Waals surface area contributed by atoms with E-state index in [1.807, 2.05) is 0 Å². The fourth-order valence-corrected chi connectivity index (χ4v) is 1.74. The third kappa shape index (κ3) is 2.08. The first kappa shape index (κ1) is 9.55. The third-order valence-corrected chi connectivity index (χ3v) is 2.59. The predicted octanol–water partition coefficient (Wildman–Crippen LogP) is 0.903. The molecule has 0 spiro atoms. The summed E-state index contributed by atoms with van der Waals surface area (Å²) in [7, 11) is 0. The number of ether oxygens (including phenoxy) is 1. The summed E-state index contributed by atoms with van der Waals surface area (Å²) >= 11 is 0. The second-order valence-corrected chi connectivity index (χ2v) is 3.61. The van der Waals surface area contributed by atoms with Crippen LogP contribution in [0.3, 0.4) is 0 Å². The van der Waals surface area contributed by atoms with Crippen molar-refractivity contribution < 1.29 is 4.74 Å². The first-order valence-electron chi connectivity index (χ1n) is 4.98. The molecule has 2 heterocycles. The Morgan fingerprint density at radius 3 is 2.86 bits per heavy atom. The van der Waals surface area contributed by atoms with Crippen molar-refractivity contribution in [3.63, 3.8) is 0 Å². The second kappa shape index (κ2) is 4.48. The summed E-state index contributed by atoms with van der Waals surface area (Å²) in [5.41, 5.74) is 6.06. The van der Waals surface area contributed by atoms with Gasteiger partial charge in [-0.1, -0.05) is 0 Å². The lowest BCUT2D eigenvalue weighted by atomic mass is 9.94. The summed E-state index contributed by atoms with van der Waals surface area (Å²) in [6, 6.07) is 1.71. The smallest absolute Gasteiger partial charge is 0.145 e. The van der Waals surface area contributed by atoms with Gasteiger partial charge in [0.25, 0.3) is 0 Å². The summed E-state index contributed by atoms with van der Waals surface area (Å²) in [5.74, 6) is 1.09. The highest BCUT2D eigenvalue weighted by molar-refractivity contribution is 4.97. The molecule has 4 heteroatoms. The van der Waals surface area contributed by atoms with Crippen molar-refractivity contribution in [3.05, 3.63) is 24.3 Å². The van der Waals surface area contributed by atoms with Crippen LogP contribution in [0.2, 0.25) is 0 Å². The van der Waals surface area contributed by atoms with Crippen LogP contribution >= 0.6 is 0 Å². The molecule has 1 aliphatic heterocycles. The average Bonchev–Trinajstić information content (AvgIpc) is 2.30. The fourth-order valence-electron chi connectivity index (χ4n) is 1.74. The van der Waals surface area contributed by atoms with E-state index in [9.17, 15) is 0 Å². The van der Waals surface area contributed by atoms with Gasteiger partial charge in [0.2, 0.25) is 0 Å². The summed E-state index contributed by atoms with van der Waals surface area (Å²) in [5, 5.41) is 0. The molecule has 0 aromatic carbocycles. The lowest BCUT2D eigenvalue weighted by Gasteiger charge is -2.26. The van der Waals surface area contributed by atoms with E-state index in [-0.39, 0.29) is 6.04 Å². The number of aromatic nitrogens is 2. The van der Waals surface area contributed by atoms with E-state index in [4.69, 9.17) is 10.5 Å². The number of hydrogen-bond acceptors (Lipinski definition) is 4. The number of nitrogens with zero attached hydrogens (tertiary/aromatic N) is 2. The average molecular weight is 193 g/mol. The molecule has 0 aliphatic carbocycles. The van der Waals surface area contributed by atoms with Crippen LogP contribution in [0.25, 0.3) is 0 Å². The zero-order valence-corrected chi connectivity index (χ0v) is 8.10. The Labute approximate surface area is 83.5 Å². The van der Waals surface area contributed by atoms with Crippen LogP contribution in [-0.2, 0) is 4.74 Å². The molecule has 0 bridgehead atoms. The first-order valence-corrected chi connectivity index (χ1v) is 4.98. The molecule has 1 aliphatic rings. The molecule has 76 valence electrons. The minimum Gasteiger partial charge on any atom is -0.381 e. The summed E-state index contributed by atoms with van der Waals surface area (Å²) in [6.45, 7) is 1.60. The van der Waals surface area contributed by atoms with Crippen LogP contribution in [0.1, 0.15) is 24.7 Å². The normalized spacial score (nSPS) is 24.5. The molecule has 1 fully saturated rings. The lowest BCUT2D eigenvalue weighted by molar-refractivity contribution is 0.0436. The van der Waals surface area contributed by atoms with Crippen molar-refractivity contribution in [1.29, 1.82) is 0 Å². The van der Waals surface area contributed by atoms with Gasteiger partial charge in [0.05, 0.1) is 12.6 Å². The Morgan fingerprint density at radius 2 is 2.21 bits per heavy atom. The van der Waals surface area contributed by atoms with Gasteiger partial charge < -0.3 is 10.5 Å². The second-order valence-electron chi connectivity index (χ2n) is 3.61. The molecule has 1 aromatic rings. The molecular formula is C10H15N3O. The SMILES string of the molecule is NC(c1ncccn1)C1CCCOC1. The number of rotatable bonds is 2. The summed E-state index contributed by atoms with van der Waals surface area (Å²) < 4.78 is 5.39. The van der Waals surface area contributed by atoms with E-state index in [2.05, 4.69) is 9.97 Å². The molecule has 14 heavy (non-hydrogen) atoms. The van der Waals surface area contributed by atoms with Gasteiger partial charge in [-0.3, -0.25) is 0 Å².